The minimum Gasteiger partial charge on any atom is -1.00 e. The fourth-order valence-corrected chi connectivity index (χ4v) is 0.932. The molecule has 0 aliphatic heterocycles. The molecule has 0 aliphatic carbocycles. The van der Waals surface area contributed by atoms with E-state index in [1.54, 1.807) is 0 Å². The van der Waals surface area contributed by atoms with Crippen molar-refractivity contribution in [3.8, 4) is 0 Å². The molecule has 1 atom stereocenters. The van der Waals surface area contributed by atoms with Crippen LogP contribution >= 0.6 is 0 Å². The van der Waals surface area contributed by atoms with Crippen molar-refractivity contribution < 1.29 is 31.9 Å². The molecule has 0 bridgehead atoms. The second-order valence-electron chi connectivity index (χ2n) is 4.97. The van der Waals surface area contributed by atoms with Gasteiger partial charge in [-0.05, 0) is 19.4 Å². The molecule has 112 valence electrons. The number of nitrogens with zero attached hydrogens (tertiary/aromatic N) is 1. The summed E-state index contributed by atoms with van der Waals surface area (Å²) in [7, 11) is 6.16. The van der Waals surface area contributed by atoms with Gasteiger partial charge in [-0.3, -0.25) is 4.79 Å². The second kappa shape index (κ2) is 13.0. The molecular formula is C11H28ClN3O3. The van der Waals surface area contributed by atoms with Crippen LogP contribution in [-0.2, 0) is 4.79 Å². The third-order valence-electron chi connectivity index (χ3n) is 2.06. The SMILES string of the molecule is C[N+](C)(C)CCO.NCCCCC(N)C(=O)O.[Cl-]. The fourth-order valence-electron chi connectivity index (χ4n) is 0.932. The van der Waals surface area contributed by atoms with E-state index in [1.165, 1.54) is 0 Å². The first-order valence-corrected chi connectivity index (χ1v) is 5.84. The molecule has 0 fully saturated rings. The largest absolute Gasteiger partial charge is 1.00 e. The van der Waals surface area contributed by atoms with Crippen LogP contribution in [0.25, 0.3) is 0 Å². The number of hydrogen-bond acceptors (Lipinski definition) is 4. The van der Waals surface area contributed by atoms with E-state index >= 15 is 0 Å². The van der Waals surface area contributed by atoms with Gasteiger partial charge in [0, 0.05) is 0 Å². The maximum Gasteiger partial charge on any atom is 0.320 e. The Hall–Kier alpha value is -0.400. The van der Waals surface area contributed by atoms with Crippen LogP contribution in [-0.4, -0.2) is 67.5 Å². The second-order valence-corrected chi connectivity index (χ2v) is 4.97. The summed E-state index contributed by atoms with van der Waals surface area (Å²) in [6.45, 7) is 1.72. The lowest BCUT2D eigenvalue weighted by Gasteiger charge is -2.21. The standard InChI is InChI=1S/C6H14N2O2.C5H14NO.ClH/c7-4-2-1-3-5(8)6(9)10;1-6(2,3)4-5-7;/h5H,1-4,7-8H2,(H,9,10);7H,4-5H2,1-3H3;1H/q;+1;/p-1. The van der Waals surface area contributed by atoms with Crippen LogP contribution in [0.5, 0.6) is 0 Å². The van der Waals surface area contributed by atoms with Crippen molar-refractivity contribution >= 4 is 5.97 Å². The molecule has 0 amide bonds. The predicted octanol–water partition coefficient (Wildman–Crippen LogP) is -3.78. The van der Waals surface area contributed by atoms with Gasteiger partial charge < -0.3 is 38.6 Å². The van der Waals surface area contributed by atoms with Crippen molar-refractivity contribution in [1.82, 2.24) is 0 Å². The van der Waals surface area contributed by atoms with E-state index in [1.807, 2.05) is 0 Å². The Bertz CT molecular complexity index is 198. The maximum atomic E-state index is 10.1. The Labute approximate surface area is 116 Å². The van der Waals surface area contributed by atoms with Gasteiger partial charge in [0.1, 0.15) is 12.6 Å². The average Bonchev–Trinajstić information content (AvgIpc) is 2.16. The van der Waals surface area contributed by atoms with Crippen molar-refractivity contribution in [3.63, 3.8) is 0 Å². The van der Waals surface area contributed by atoms with Crippen LogP contribution in [0.4, 0.5) is 0 Å². The highest BCUT2D eigenvalue weighted by Crippen LogP contribution is 1.96. The van der Waals surface area contributed by atoms with Gasteiger partial charge in [-0.15, -0.1) is 0 Å². The van der Waals surface area contributed by atoms with Gasteiger partial charge in [-0.2, -0.15) is 0 Å². The molecule has 6 nitrogen and oxygen atoms in total. The van der Waals surface area contributed by atoms with Crippen LogP contribution in [0.3, 0.4) is 0 Å². The minimum absolute atomic E-state index is 0. The highest BCUT2D eigenvalue weighted by molar-refractivity contribution is 5.72. The van der Waals surface area contributed by atoms with E-state index in [2.05, 4.69) is 21.1 Å². The van der Waals surface area contributed by atoms with Crippen molar-refractivity contribution in [2.75, 3.05) is 40.8 Å². The number of nitrogens with two attached hydrogens (primary N) is 2. The molecule has 0 heterocycles. The summed E-state index contributed by atoms with van der Waals surface area (Å²) in [5.41, 5.74) is 10.4. The number of aliphatic carboxylic acids is 1. The molecule has 7 heteroatoms. The first kappa shape index (κ1) is 22.8. The van der Waals surface area contributed by atoms with E-state index in [0.717, 1.165) is 23.9 Å². The number of carboxylic acids is 1. The molecule has 0 saturated carbocycles. The number of unbranched alkanes of at least 4 members (excludes halogenated alkanes) is 1. The van der Waals surface area contributed by atoms with Crippen molar-refractivity contribution in [2.24, 2.45) is 11.5 Å². The summed E-state index contributed by atoms with van der Waals surface area (Å²) in [6.07, 6.45) is 2.16. The molecule has 0 spiro atoms. The molecule has 1 unspecified atom stereocenters. The Morgan fingerprint density at radius 2 is 1.78 bits per heavy atom. The minimum atomic E-state index is -0.933. The lowest BCUT2D eigenvalue weighted by Crippen LogP contribution is -3.00. The summed E-state index contributed by atoms with van der Waals surface area (Å²) >= 11 is 0. The Balaban J connectivity index is -0.000000251. The first-order chi connectivity index (χ1) is 7.74. The molecular weight excluding hydrogens is 258 g/mol. The monoisotopic (exact) mass is 285 g/mol. The van der Waals surface area contributed by atoms with E-state index < -0.39 is 12.0 Å². The van der Waals surface area contributed by atoms with Gasteiger partial charge in [0.15, 0.2) is 0 Å². The number of carboxylic acid groups (broad SMARTS) is 1. The van der Waals surface area contributed by atoms with Gasteiger partial charge in [0.2, 0.25) is 0 Å². The summed E-state index contributed by atoms with van der Waals surface area (Å²) in [5.74, 6) is -0.933. The third kappa shape index (κ3) is 20.9. The van der Waals surface area contributed by atoms with Crippen LogP contribution in [0, 0.1) is 0 Å². The van der Waals surface area contributed by atoms with Crippen molar-refractivity contribution in [1.29, 1.82) is 0 Å². The number of aliphatic hydroxyl groups excluding tert-OH is 1. The maximum absolute atomic E-state index is 10.1. The van der Waals surface area contributed by atoms with Crippen LogP contribution < -0.4 is 23.9 Å². The summed E-state index contributed by atoms with van der Waals surface area (Å²) in [4.78, 5) is 10.1. The normalized spacial score (nSPS) is 11.9. The van der Waals surface area contributed by atoms with Gasteiger partial charge in [0.05, 0.1) is 27.7 Å². The number of quaternary nitrogens is 1. The summed E-state index contributed by atoms with van der Waals surface area (Å²) in [5, 5.41) is 16.7. The van der Waals surface area contributed by atoms with E-state index in [0.29, 0.717) is 13.0 Å². The quantitative estimate of drug-likeness (QED) is 0.283. The third-order valence-corrected chi connectivity index (χ3v) is 2.06. The van der Waals surface area contributed by atoms with Crippen molar-refractivity contribution in [3.05, 3.63) is 0 Å². The summed E-state index contributed by atoms with van der Waals surface area (Å²) < 4.78 is 0.844. The Morgan fingerprint density at radius 1 is 1.28 bits per heavy atom. The van der Waals surface area contributed by atoms with Gasteiger partial charge >= 0.3 is 5.97 Å². The zero-order valence-electron chi connectivity index (χ0n) is 11.6. The summed E-state index contributed by atoms with van der Waals surface area (Å²) in [6, 6.07) is -0.716. The van der Waals surface area contributed by atoms with E-state index in [9.17, 15) is 4.79 Å². The number of carbonyl (C=O) groups is 1. The van der Waals surface area contributed by atoms with Crippen LogP contribution in [0.1, 0.15) is 19.3 Å². The van der Waals surface area contributed by atoms with Gasteiger partial charge in [0.25, 0.3) is 0 Å². The number of aliphatic hydroxyl groups is 1. The Kier molecular flexibility index (Phi) is 16.5. The average molecular weight is 286 g/mol. The lowest BCUT2D eigenvalue weighted by atomic mass is 10.1. The first-order valence-electron chi connectivity index (χ1n) is 5.84. The number of halogens is 1. The zero-order chi connectivity index (χ0) is 13.9. The number of hydrogen-bond donors (Lipinski definition) is 4. The van der Waals surface area contributed by atoms with Crippen LogP contribution in [0.15, 0.2) is 0 Å². The molecule has 0 aliphatic rings. The van der Waals surface area contributed by atoms with Crippen molar-refractivity contribution in [2.45, 2.75) is 25.3 Å². The molecule has 0 saturated heterocycles. The van der Waals surface area contributed by atoms with Gasteiger partial charge in [-0.1, -0.05) is 6.42 Å². The zero-order valence-corrected chi connectivity index (χ0v) is 12.4. The predicted molar refractivity (Wildman–Crippen MR) is 68.5 cm³/mol. The number of rotatable bonds is 7. The van der Waals surface area contributed by atoms with Crippen LogP contribution in [0.2, 0.25) is 0 Å². The topological polar surface area (TPSA) is 110 Å². The molecule has 0 rings (SSSR count). The van der Waals surface area contributed by atoms with Gasteiger partial charge in [-0.25, -0.2) is 0 Å². The number of likely N-dealkylation sites (N-methyl/N-ethyl adjacent to an activating group) is 1. The molecule has 6 N–H and O–H groups in total. The highest BCUT2D eigenvalue weighted by Gasteiger charge is 2.09. The fraction of sp³-hybridized carbons (Fsp3) is 0.909. The molecule has 0 aromatic heterocycles. The smallest absolute Gasteiger partial charge is 0.320 e. The molecule has 18 heavy (non-hydrogen) atoms. The lowest BCUT2D eigenvalue weighted by molar-refractivity contribution is -0.870. The highest BCUT2D eigenvalue weighted by atomic mass is 35.5. The molecule has 0 aromatic carbocycles. The molecule has 0 radical (unpaired) electrons. The molecule has 0 aromatic rings. The van der Waals surface area contributed by atoms with E-state index in [-0.39, 0.29) is 19.0 Å². The Morgan fingerprint density at radius 3 is 2.00 bits per heavy atom. The van der Waals surface area contributed by atoms with E-state index in [4.69, 9.17) is 21.7 Å².